The van der Waals surface area contributed by atoms with Crippen molar-refractivity contribution in [1.82, 2.24) is 5.32 Å². The Bertz CT molecular complexity index is 786. The molecule has 2 unspecified atom stereocenters. The molecule has 7 heteroatoms. The number of carbonyl (C=O) groups excluding carboxylic acids is 1. The Labute approximate surface area is 169 Å². The first-order valence-corrected chi connectivity index (χ1v) is 10.4. The van der Waals surface area contributed by atoms with E-state index in [4.69, 9.17) is 21.7 Å². The molecule has 1 aliphatic heterocycles. The smallest absolute Gasteiger partial charge is 0.341 e. The SMILES string of the molecule is CCOC(=O)c1cc(-c2ccccc2)sc1NC(=S)NC(C)C1CCCO1. The minimum absolute atomic E-state index is 0.104. The molecule has 1 aliphatic rings. The lowest BCUT2D eigenvalue weighted by molar-refractivity contribution is 0.0528. The first kappa shape index (κ1) is 19.8. The third kappa shape index (κ3) is 5.06. The molecule has 1 aromatic carbocycles. The summed E-state index contributed by atoms with van der Waals surface area (Å²) < 4.78 is 10.9. The average Bonchev–Trinajstić information content (AvgIpc) is 3.33. The molecule has 5 nitrogen and oxygen atoms in total. The van der Waals surface area contributed by atoms with E-state index in [0.29, 0.717) is 22.3 Å². The molecule has 0 radical (unpaired) electrons. The average molecular weight is 405 g/mol. The van der Waals surface area contributed by atoms with Crippen LogP contribution in [-0.4, -0.2) is 36.4 Å². The lowest BCUT2D eigenvalue weighted by Crippen LogP contribution is -2.42. The summed E-state index contributed by atoms with van der Waals surface area (Å²) in [6.45, 7) is 4.98. The van der Waals surface area contributed by atoms with E-state index in [-0.39, 0.29) is 18.1 Å². The van der Waals surface area contributed by atoms with E-state index in [0.717, 1.165) is 29.9 Å². The highest BCUT2D eigenvalue weighted by Gasteiger charge is 2.24. The Kier molecular flexibility index (Phi) is 6.82. The molecule has 2 atom stereocenters. The third-order valence-electron chi connectivity index (χ3n) is 4.39. The highest BCUT2D eigenvalue weighted by molar-refractivity contribution is 7.80. The topological polar surface area (TPSA) is 59.6 Å². The molecular weight excluding hydrogens is 380 g/mol. The van der Waals surface area contributed by atoms with Gasteiger partial charge in [-0.25, -0.2) is 4.79 Å². The predicted octanol–water partition coefficient (Wildman–Crippen LogP) is 4.45. The minimum atomic E-state index is -0.353. The van der Waals surface area contributed by atoms with Crippen molar-refractivity contribution in [1.29, 1.82) is 0 Å². The summed E-state index contributed by atoms with van der Waals surface area (Å²) in [7, 11) is 0. The molecule has 3 rings (SSSR count). The van der Waals surface area contributed by atoms with Crippen LogP contribution in [0.15, 0.2) is 36.4 Å². The van der Waals surface area contributed by atoms with Crippen LogP contribution in [0.5, 0.6) is 0 Å². The summed E-state index contributed by atoms with van der Waals surface area (Å²) in [6, 6.07) is 11.9. The number of carbonyl (C=O) groups is 1. The van der Waals surface area contributed by atoms with Gasteiger partial charge in [-0.05, 0) is 50.5 Å². The molecule has 0 saturated carbocycles. The molecular formula is C20H24N2O3S2. The first-order chi connectivity index (χ1) is 13.1. The van der Waals surface area contributed by atoms with Gasteiger partial charge in [0.2, 0.25) is 0 Å². The van der Waals surface area contributed by atoms with Gasteiger partial charge in [0.15, 0.2) is 5.11 Å². The van der Waals surface area contributed by atoms with E-state index in [1.165, 1.54) is 11.3 Å². The summed E-state index contributed by atoms with van der Waals surface area (Å²) in [5.41, 5.74) is 1.54. The predicted molar refractivity (Wildman–Crippen MR) is 114 cm³/mol. The molecule has 0 bridgehead atoms. The van der Waals surface area contributed by atoms with E-state index in [1.807, 2.05) is 36.4 Å². The molecule has 2 heterocycles. The maximum absolute atomic E-state index is 12.4. The Morgan fingerprint density at radius 1 is 1.41 bits per heavy atom. The molecule has 2 aromatic rings. The molecule has 0 amide bonds. The van der Waals surface area contributed by atoms with E-state index in [2.05, 4.69) is 17.6 Å². The molecule has 1 saturated heterocycles. The van der Waals surface area contributed by atoms with Gasteiger partial charge in [-0.2, -0.15) is 0 Å². The summed E-state index contributed by atoms with van der Waals surface area (Å²) in [5.74, 6) is -0.353. The van der Waals surface area contributed by atoms with Gasteiger partial charge < -0.3 is 20.1 Å². The van der Waals surface area contributed by atoms with E-state index >= 15 is 0 Å². The number of esters is 1. The molecule has 2 N–H and O–H groups in total. The molecule has 1 aromatic heterocycles. The van der Waals surface area contributed by atoms with Crippen LogP contribution in [0.3, 0.4) is 0 Å². The fourth-order valence-corrected chi connectivity index (χ4v) is 4.43. The van der Waals surface area contributed by atoms with Crippen molar-refractivity contribution in [2.75, 3.05) is 18.5 Å². The van der Waals surface area contributed by atoms with Crippen molar-refractivity contribution in [2.45, 2.75) is 38.8 Å². The number of thiocarbonyl (C=S) groups is 1. The van der Waals surface area contributed by atoms with Crippen LogP contribution in [0.4, 0.5) is 5.00 Å². The zero-order valence-electron chi connectivity index (χ0n) is 15.5. The quantitative estimate of drug-likeness (QED) is 0.548. The van der Waals surface area contributed by atoms with Crippen molar-refractivity contribution in [2.24, 2.45) is 0 Å². The summed E-state index contributed by atoms with van der Waals surface area (Å²) in [6.07, 6.45) is 2.27. The van der Waals surface area contributed by atoms with Gasteiger partial charge in [-0.3, -0.25) is 0 Å². The highest BCUT2D eigenvalue weighted by atomic mass is 32.1. The van der Waals surface area contributed by atoms with Crippen LogP contribution in [-0.2, 0) is 9.47 Å². The molecule has 144 valence electrons. The van der Waals surface area contributed by atoms with Gasteiger partial charge in [-0.1, -0.05) is 30.3 Å². The lowest BCUT2D eigenvalue weighted by Gasteiger charge is -2.21. The van der Waals surface area contributed by atoms with Crippen LogP contribution in [0.25, 0.3) is 10.4 Å². The van der Waals surface area contributed by atoms with Gasteiger partial charge in [0.05, 0.1) is 24.3 Å². The Balaban J connectivity index is 1.76. The van der Waals surface area contributed by atoms with Crippen LogP contribution in [0, 0.1) is 0 Å². The van der Waals surface area contributed by atoms with Crippen molar-refractivity contribution >= 4 is 39.6 Å². The normalized spacial score (nSPS) is 17.3. The zero-order valence-corrected chi connectivity index (χ0v) is 17.1. The van der Waals surface area contributed by atoms with Gasteiger partial charge in [0, 0.05) is 11.5 Å². The lowest BCUT2D eigenvalue weighted by atomic mass is 10.1. The summed E-state index contributed by atoms with van der Waals surface area (Å²) in [5, 5.41) is 7.61. The zero-order chi connectivity index (χ0) is 19.2. The second-order valence-electron chi connectivity index (χ2n) is 6.38. The fourth-order valence-electron chi connectivity index (χ4n) is 3.02. The van der Waals surface area contributed by atoms with Crippen LogP contribution >= 0.6 is 23.6 Å². The minimum Gasteiger partial charge on any atom is -0.462 e. The van der Waals surface area contributed by atoms with Gasteiger partial charge in [0.25, 0.3) is 0 Å². The number of nitrogens with one attached hydrogen (secondary N) is 2. The fraction of sp³-hybridized carbons (Fsp3) is 0.400. The van der Waals surface area contributed by atoms with E-state index < -0.39 is 0 Å². The van der Waals surface area contributed by atoms with Crippen molar-refractivity contribution < 1.29 is 14.3 Å². The van der Waals surface area contributed by atoms with Crippen LogP contribution in [0.1, 0.15) is 37.0 Å². The monoisotopic (exact) mass is 404 g/mol. The largest absolute Gasteiger partial charge is 0.462 e. The van der Waals surface area contributed by atoms with Gasteiger partial charge >= 0.3 is 5.97 Å². The number of anilines is 1. The van der Waals surface area contributed by atoms with Crippen molar-refractivity contribution in [3.05, 3.63) is 42.0 Å². The summed E-state index contributed by atoms with van der Waals surface area (Å²) >= 11 is 6.95. The number of hydrogen-bond donors (Lipinski definition) is 2. The third-order valence-corrected chi connectivity index (χ3v) is 5.71. The number of benzene rings is 1. The molecule has 1 fully saturated rings. The van der Waals surface area contributed by atoms with E-state index in [9.17, 15) is 4.79 Å². The maximum Gasteiger partial charge on any atom is 0.341 e. The number of hydrogen-bond acceptors (Lipinski definition) is 5. The Hall–Kier alpha value is -1.96. The standard InChI is InChI=1S/C20H24N2O3S2/c1-3-24-19(23)15-12-17(14-8-5-4-6-9-14)27-18(15)22-20(26)21-13(2)16-10-7-11-25-16/h4-6,8-9,12-13,16H,3,7,10-11H2,1-2H3,(H2,21,22,26). The first-order valence-electron chi connectivity index (χ1n) is 9.14. The van der Waals surface area contributed by atoms with Crippen LogP contribution < -0.4 is 10.6 Å². The Morgan fingerprint density at radius 2 is 2.19 bits per heavy atom. The highest BCUT2D eigenvalue weighted by Crippen LogP contribution is 2.36. The second kappa shape index (κ2) is 9.30. The number of ether oxygens (including phenoxy) is 2. The van der Waals surface area contributed by atoms with Gasteiger partial charge in [-0.15, -0.1) is 11.3 Å². The molecule has 0 spiro atoms. The van der Waals surface area contributed by atoms with Gasteiger partial charge in [0.1, 0.15) is 5.00 Å². The molecule has 27 heavy (non-hydrogen) atoms. The second-order valence-corrected chi connectivity index (χ2v) is 7.84. The van der Waals surface area contributed by atoms with Crippen molar-refractivity contribution in [3.63, 3.8) is 0 Å². The van der Waals surface area contributed by atoms with E-state index in [1.54, 1.807) is 6.92 Å². The summed E-state index contributed by atoms with van der Waals surface area (Å²) in [4.78, 5) is 13.4. The number of rotatable bonds is 6. The Morgan fingerprint density at radius 3 is 2.85 bits per heavy atom. The van der Waals surface area contributed by atoms with Crippen LogP contribution in [0.2, 0.25) is 0 Å². The molecule has 0 aliphatic carbocycles. The van der Waals surface area contributed by atoms with Crippen molar-refractivity contribution in [3.8, 4) is 10.4 Å². The number of thiophene rings is 1. The maximum atomic E-state index is 12.4.